The van der Waals surface area contributed by atoms with Crippen LogP contribution in [0.15, 0.2) is 42.5 Å². The van der Waals surface area contributed by atoms with Gasteiger partial charge >= 0.3 is 5.97 Å². The molecule has 2 heterocycles. The number of hydrogen-bond donors (Lipinski definition) is 1. The van der Waals surface area contributed by atoms with Gasteiger partial charge in [0.2, 0.25) is 0 Å². The van der Waals surface area contributed by atoms with E-state index in [1.807, 2.05) is 42.5 Å². The molecule has 0 atom stereocenters. The lowest BCUT2D eigenvalue weighted by atomic mass is 10.0. The fourth-order valence-corrected chi connectivity index (χ4v) is 4.80. The summed E-state index contributed by atoms with van der Waals surface area (Å²) in [5.41, 5.74) is 6.22. The highest BCUT2D eigenvalue weighted by atomic mass is 35.5. The summed E-state index contributed by atoms with van der Waals surface area (Å²) in [7, 11) is 0. The Morgan fingerprint density at radius 3 is 2.58 bits per heavy atom. The predicted octanol–water partition coefficient (Wildman–Crippen LogP) is 6.43. The van der Waals surface area contributed by atoms with E-state index < -0.39 is 0 Å². The summed E-state index contributed by atoms with van der Waals surface area (Å²) in [6, 6.07) is 14.1. The zero-order valence-electron chi connectivity index (χ0n) is 18.0. The minimum atomic E-state index is -0.313. The Kier molecular flexibility index (Phi) is 6.03. The lowest BCUT2D eigenvalue weighted by Gasteiger charge is -2.12. The number of rotatable bonds is 6. The third kappa shape index (κ3) is 4.18. The molecule has 0 saturated heterocycles. The molecule has 2 aromatic heterocycles. The lowest BCUT2D eigenvalue weighted by Crippen LogP contribution is -2.07. The number of imidazole rings is 1. The number of aromatic nitrogens is 2. The summed E-state index contributed by atoms with van der Waals surface area (Å²) in [5.74, 6) is 0.549. The van der Waals surface area contributed by atoms with Crippen LogP contribution in [0.4, 0.5) is 5.82 Å². The van der Waals surface area contributed by atoms with Gasteiger partial charge in [-0.2, -0.15) is 0 Å². The molecule has 31 heavy (non-hydrogen) atoms. The largest absolute Gasteiger partial charge is 0.462 e. The van der Waals surface area contributed by atoms with Crippen LogP contribution >= 0.6 is 22.9 Å². The summed E-state index contributed by atoms with van der Waals surface area (Å²) >= 11 is 7.38. The van der Waals surface area contributed by atoms with Crippen LogP contribution in [0.2, 0.25) is 5.02 Å². The van der Waals surface area contributed by atoms with Crippen molar-refractivity contribution in [1.29, 1.82) is 0 Å². The molecule has 0 aliphatic carbocycles. The van der Waals surface area contributed by atoms with E-state index in [0.717, 1.165) is 38.9 Å². The Labute approximate surface area is 190 Å². The van der Waals surface area contributed by atoms with Gasteiger partial charge in [0.25, 0.3) is 0 Å². The van der Waals surface area contributed by atoms with Crippen molar-refractivity contribution in [3.8, 4) is 11.3 Å². The van der Waals surface area contributed by atoms with Gasteiger partial charge in [0.05, 0.1) is 6.61 Å². The minimum absolute atomic E-state index is 0.313. The number of ether oxygens (including phenoxy) is 1. The highest BCUT2D eigenvalue weighted by molar-refractivity contribution is 7.19. The van der Waals surface area contributed by atoms with Crippen LogP contribution in [0.5, 0.6) is 0 Å². The first-order valence-electron chi connectivity index (χ1n) is 10.1. The van der Waals surface area contributed by atoms with E-state index >= 15 is 0 Å². The Morgan fingerprint density at radius 1 is 1.16 bits per heavy atom. The number of thiazole rings is 1. The zero-order chi connectivity index (χ0) is 22.1. The topological polar surface area (TPSA) is 55.6 Å². The summed E-state index contributed by atoms with van der Waals surface area (Å²) in [4.78, 5) is 18.7. The third-order valence-corrected chi connectivity index (χ3v) is 6.55. The second-order valence-corrected chi connectivity index (χ2v) is 8.88. The number of nitrogens with zero attached hydrogens (tertiary/aromatic N) is 2. The van der Waals surface area contributed by atoms with Gasteiger partial charge in [-0.25, -0.2) is 9.78 Å². The van der Waals surface area contributed by atoms with Crippen molar-refractivity contribution in [2.24, 2.45) is 0 Å². The van der Waals surface area contributed by atoms with Crippen molar-refractivity contribution < 1.29 is 9.53 Å². The predicted molar refractivity (Wildman–Crippen MR) is 127 cm³/mol. The van der Waals surface area contributed by atoms with Gasteiger partial charge in [-0.3, -0.25) is 4.40 Å². The average Bonchev–Trinajstić information content (AvgIpc) is 3.24. The Bertz CT molecular complexity index is 1260. The van der Waals surface area contributed by atoms with E-state index in [1.54, 1.807) is 0 Å². The number of nitrogens with one attached hydrogen (secondary N) is 1. The molecule has 0 fully saturated rings. The van der Waals surface area contributed by atoms with Gasteiger partial charge in [0.1, 0.15) is 16.4 Å². The number of hydrogen-bond acceptors (Lipinski definition) is 5. The van der Waals surface area contributed by atoms with Gasteiger partial charge in [-0.15, -0.1) is 0 Å². The average molecular weight is 454 g/mol. The molecular formula is C24H24ClN3O2S. The minimum Gasteiger partial charge on any atom is -0.462 e. The summed E-state index contributed by atoms with van der Waals surface area (Å²) in [6.07, 6.45) is 0. The van der Waals surface area contributed by atoms with Gasteiger partial charge in [-0.05, 0) is 51.0 Å². The molecule has 4 aromatic rings. The monoisotopic (exact) mass is 453 g/mol. The van der Waals surface area contributed by atoms with Crippen molar-refractivity contribution in [2.75, 3.05) is 11.9 Å². The fourth-order valence-electron chi connectivity index (χ4n) is 3.65. The van der Waals surface area contributed by atoms with Gasteiger partial charge in [0.15, 0.2) is 4.96 Å². The van der Waals surface area contributed by atoms with E-state index in [4.69, 9.17) is 21.3 Å². The molecule has 7 heteroatoms. The lowest BCUT2D eigenvalue weighted by molar-refractivity contribution is 0.0531. The second kappa shape index (κ2) is 8.73. The number of fused-ring (bicyclic) bond motifs is 1. The van der Waals surface area contributed by atoms with Crippen molar-refractivity contribution >= 4 is 39.7 Å². The Balaban J connectivity index is 1.83. The highest BCUT2D eigenvalue weighted by Crippen LogP contribution is 2.36. The fraction of sp³-hybridized carbons (Fsp3) is 0.250. The van der Waals surface area contributed by atoms with E-state index in [2.05, 4.69) is 37.4 Å². The number of carbonyl (C=O) groups excluding carboxylic acids is 1. The molecule has 1 N–H and O–H groups in total. The van der Waals surface area contributed by atoms with Crippen molar-refractivity contribution in [3.63, 3.8) is 0 Å². The normalized spacial score (nSPS) is 11.1. The molecule has 2 aromatic carbocycles. The molecule has 5 nitrogen and oxygen atoms in total. The van der Waals surface area contributed by atoms with Crippen molar-refractivity contribution in [2.45, 2.75) is 34.2 Å². The van der Waals surface area contributed by atoms with Crippen LogP contribution in [0, 0.1) is 20.8 Å². The maximum Gasteiger partial charge on any atom is 0.350 e. The molecule has 0 unspecified atom stereocenters. The Morgan fingerprint density at radius 2 is 1.90 bits per heavy atom. The molecule has 160 valence electrons. The molecule has 0 saturated carbocycles. The molecule has 0 radical (unpaired) electrons. The molecule has 0 amide bonds. The first kappa shape index (κ1) is 21.4. The molecule has 0 aliphatic heterocycles. The van der Waals surface area contributed by atoms with Crippen LogP contribution in [0.1, 0.15) is 39.0 Å². The zero-order valence-corrected chi connectivity index (χ0v) is 19.5. The standard InChI is InChI=1S/C24H24ClN3O2S/c1-5-30-23(29)21-16(4)28-22(26-13-17-7-9-18(25)10-8-17)20(27-24(28)31-21)19-11-6-14(2)12-15(19)3/h6-12,26H,5,13H2,1-4H3. The number of esters is 1. The maximum atomic E-state index is 12.4. The number of aryl methyl sites for hydroxylation is 3. The van der Waals surface area contributed by atoms with Crippen LogP contribution in [-0.2, 0) is 11.3 Å². The van der Waals surface area contributed by atoms with Crippen LogP contribution in [0.3, 0.4) is 0 Å². The van der Waals surface area contributed by atoms with Crippen LogP contribution in [0.25, 0.3) is 16.2 Å². The van der Waals surface area contributed by atoms with Gasteiger partial charge in [0, 0.05) is 22.8 Å². The molecule has 0 aliphatic rings. The third-order valence-electron chi connectivity index (χ3n) is 5.18. The van der Waals surface area contributed by atoms with Gasteiger partial charge in [-0.1, -0.05) is 58.8 Å². The molecule has 4 rings (SSSR count). The van der Waals surface area contributed by atoms with Crippen LogP contribution in [-0.4, -0.2) is 22.0 Å². The quantitative estimate of drug-likeness (QED) is 0.342. The van der Waals surface area contributed by atoms with E-state index in [9.17, 15) is 4.79 Å². The molecule has 0 bridgehead atoms. The second-order valence-electron chi connectivity index (χ2n) is 7.46. The number of halogens is 1. The van der Waals surface area contributed by atoms with E-state index in [0.29, 0.717) is 23.1 Å². The summed E-state index contributed by atoms with van der Waals surface area (Å²) in [6.45, 7) is 8.86. The van der Waals surface area contributed by atoms with Gasteiger partial charge < -0.3 is 10.1 Å². The highest BCUT2D eigenvalue weighted by Gasteiger charge is 2.24. The summed E-state index contributed by atoms with van der Waals surface area (Å²) in [5, 5.41) is 4.26. The maximum absolute atomic E-state index is 12.4. The molecular weight excluding hydrogens is 430 g/mol. The Hall–Kier alpha value is -2.83. The first-order chi connectivity index (χ1) is 14.9. The first-order valence-corrected chi connectivity index (χ1v) is 11.3. The number of benzene rings is 2. The van der Waals surface area contributed by atoms with Crippen molar-refractivity contribution in [1.82, 2.24) is 9.38 Å². The number of anilines is 1. The number of carbonyl (C=O) groups is 1. The van der Waals surface area contributed by atoms with E-state index in [1.165, 1.54) is 16.9 Å². The van der Waals surface area contributed by atoms with Crippen LogP contribution < -0.4 is 5.32 Å². The smallest absolute Gasteiger partial charge is 0.350 e. The SMILES string of the molecule is CCOC(=O)c1sc2nc(-c3ccc(C)cc3C)c(NCc3ccc(Cl)cc3)n2c1C. The van der Waals surface area contributed by atoms with E-state index in [-0.39, 0.29) is 5.97 Å². The molecule has 0 spiro atoms. The van der Waals surface area contributed by atoms with Crippen molar-refractivity contribution in [3.05, 3.63) is 74.7 Å². The summed E-state index contributed by atoms with van der Waals surface area (Å²) < 4.78 is 7.25.